The molecule has 0 amide bonds. The smallest absolute Gasteiger partial charge is 0.335 e. The monoisotopic (exact) mass is 426 g/mol. The topological polar surface area (TPSA) is 68.8 Å². The molecule has 4 atom stereocenters. The standard InChI is InChI=1S/C25H34N2O4/c1-5-24(15-30-23(2,3)31-24)14-16-10-11-17(22(28)29-4)21-25(12-13-26-20(16)25)18-8-6-7-9-19(18)27-21/h6-9,16,20,26-27H,5,10-15H2,1-4H3/t16-,20-,24-,25+/m1/s1. The van der Waals surface area contributed by atoms with E-state index in [1.165, 1.54) is 12.7 Å². The maximum absolute atomic E-state index is 12.9. The molecule has 3 heterocycles. The van der Waals surface area contributed by atoms with Crippen LogP contribution >= 0.6 is 0 Å². The van der Waals surface area contributed by atoms with Crippen molar-refractivity contribution in [2.75, 3.05) is 25.6 Å². The highest BCUT2D eigenvalue weighted by atomic mass is 16.8. The van der Waals surface area contributed by atoms with Crippen LogP contribution in [0.1, 0.15) is 58.4 Å². The number of carbonyl (C=O) groups excluding carboxylic acids is 1. The number of esters is 1. The largest absolute Gasteiger partial charge is 0.466 e. The van der Waals surface area contributed by atoms with Crippen LogP contribution in [0.15, 0.2) is 35.5 Å². The molecular weight excluding hydrogens is 392 g/mol. The minimum Gasteiger partial charge on any atom is -0.466 e. The predicted molar refractivity (Wildman–Crippen MR) is 119 cm³/mol. The Morgan fingerprint density at radius 3 is 2.81 bits per heavy atom. The lowest BCUT2D eigenvalue weighted by Crippen LogP contribution is -2.48. The number of hydrogen-bond acceptors (Lipinski definition) is 6. The van der Waals surface area contributed by atoms with Crippen LogP contribution < -0.4 is 10.6 Å². The molecule has 0 bridgehead atoms. The average Bonchev–Trinajstić information content (AvgIpc) is 3.41. The summed E-state index contributed by atoms with van der Waals surface area (Å²) in [7, 11) is 1.48. The molecule has 2 N–H and O–H groups in total. The Bertz CT molecular complexity index is 926. The Kier molecular flexibility index (Phi) is 4.96. The quantitative estimate of drug-likeness (QED) is 0.713. The molecular formula is C25H34N2O4. The Morgan fingerprint density at radius 2 is 2.10 bits per heavy atom. The van der Waals surface area contributed by atoms with E-state index < -0.39 is 5.79 Å². The third-order valence-corrected chi connectivity index (χ3v) is 7.92. The van der Waals surface area contributed by atoms with Crippen molar-refractivity contribution >= 4 is 11.7 Å². The van der Waals surface area contributed by atoms with Gasteiger partial charge >= 0.3 is 5.97 Å². The molecule has 1 aromatic rings. The molecule has 2 fully saturated rings. The lowest BCUT2D eigenvalue weighted by Gasteiger charge is -2.40. The van der Waals surface area contributed by atoms with Crippen molar-refractivity contribution in [3.63, 3.8) is 0 Å². The fraction of sp³-hybridized carbons (Fsp3) is 0.640. The SMILES string of the molecule is CC[C@@]1(C[C@H]2CCC(C(=O)OC)=C3Nc4ccccc4[C@]34CCN[C@H]24)COC(C)(C)O1. The zero-order valence-corrected chi connectivity index (χ0v) is 19.0. The van der Waals surface area contributed by atoms with Crippen molar-refractivity contribution in [1.29, 1.82) is 0 Å². The van der Waals surface area contributed by atoms with Gasteiger partial charge in [-0.2, -0.15) is 0 Å². The van der Waals surface area contributed by atoms with Crippen LogP contribution in [0.2, 0.25) is 0 Å². The Hall–Kier alpha value is -1.89. The van der Waals surface area contributed by atoms with Crippen LogP contribution in [-0.4, -0.2) is 43.7 Å². The number of para-hydroxylation sites is 1. The molecule has 6 heteroatoms. The first kappa shape index (κ1) is 21.0. The molecule has 0 aromatic heterocycles. The summed E-state index contributed by atoms with van der Waals surface area (Å²) in [6.07, 6.45) is 4.41. The van der Waals surface area contributed by atoms with Gasteiger partial charge < -0.3 is 24.8 Å². The van der Waals surface area contributed by atoms with E-state index in [2.05, 4.69) is 41.8 Å². The van der Waals surface area contributed by atoms with Gasteiger partial charge in [0.1, 0.15) is 0 Å². The predicted octanol–water partition coefficient (Wildman–Crippen LogP) is 3.87. The van der Waals surface area contributed by atoms with E-state index in [0.29, 0.717) is 18.9 Å². The van der Waals surface area contributed by atoms with Crippen molar-refractivity contribution < 1.29 is 19.0 Å². The van der Waals surface area contributed by atoms with Crippen LogP contribution in [0.5, 0.6) is 0 Å². The highest BCUT2D eigenvalue weighted by Gasteiger charge is 2.58. The number of fused-ring (bicyclic) bond motifs is 1. The molecule has 6 nitrogen and oxygen atoms in total. The highest BCUT2D eigenvalue weighted by Crippen LogP contribution is 2.56. The first-order valence-electron chi connectivity index (χ1n) is 11.6. The number of rotatable bonds is 4. The molecule has 1 spiro atoms. The van der Waals surface area contributed by atoms with Crippen molar-refractivity contribution in [2.45, 2.75) is 75.7 Å². The van der Waals surface area contributed by atoms with Crippen LogP contribution in [0.25, 0.3) is 0 Å². The Labute approximate surface area is 184 Å². The van der Waals surface area contributed by atoms with Gasteiger partial charge in [0.25, 0.3) is 0 Å². The number of nitrogens with one attached hydrogen (secondary N) is 2. The van der Waals surface area contributed by atoms with E-state index in [1.807, 2.05) is 13.8 Å². The van der Waals surface area contributed by atoms with Gasteiger partial charge in [0.15, 0.2) is 5.79 Å². The zero-order chi connectivity index (χ0) is 21.9. The summed E-state index contributed by atoms with van der Waals surface area (Å²) in [4.78, 5) is 12.9. The van der Waals surface area contributed by atoms with Gasteiger partial charge in [-0.05, 0) is 70.0 Å². The van der Waals surface area contributed by atoms with Crippen molar-refractivity contribution in [2.24, 2.45) is 5.92 Å². The number of anilines is 1. The second-order valence-corrected chi connectivity index (χ2v) is 10.00. The van der Waals surface area contributed by atoms with E-state index in [1.54, 1.807) is 0 Å². The first-order chi connectivity index (χ1) is 14.8. The summed E-state index contributed by atoms with van der Waals surface area (Å²) in [6, 6.07) is 8.74. The number of methoxy groups -OCH3 is 1. The molecule has 4 aliphatic rings. The number of benzene rings is 1. The average molecular weight is 427 g/mol. The van der Waals surface area contributed by atoms with Gasteiger partial charge in [-0.15, -0.1) is 0 Å². The summed E-state index contributed by atoms with van der Waals surface area (Å²) < 4.78 is 17.7. The zero-order valence-electron chi connectivity index (χ0n) is 19.0. The summed E-state index contributed by atoms with van der Waals surface area (Å²) >= 11 is 0. The third kappa shape index (κ3) is 3.14. The molecule has 5 rings (SSSR count). The number of carbonyl (C=O) groups is 1. The maximum atomic E-state index is 12.9. The Balaban J connectivity index is 1.58. The van der Waals surface area contributed by atoms with Crippen LogP contribution in [0, 0.1) is 5.92 Å². The van der Waals surface area contributed by atoms with E-state index in [-0.39, 0.29) is 23.0 Å². The lowest BCUT2D eigenvalue weighted by molar-refractivity contribution is -0.166. The summed E-state index contributed by atoms with van der Waals surface area (Å²) in [6.45, 7) is 7.73. The van der Waals surface area contributed by atoms with Crippen LogP contribution in [-0.2, 0) is 24.4 Å². The normalized spacial score (nSPS) is 35.7. The van der Waals surface area contributed by atoms with E-state index in [9.17, 15) is 4.79 Å². The van der Waals surface area contributed by atoms with Gasteiger partial charge in [-0.25, -0.2) is 4.79 Å². The van der Waals surface area contributed by atoms with E-state index >= 15 is 0 Å². The molecule has 0 unspecified atom stereocenters. The van der Waals surface area contributed by atoms with Crippen molar-refractivity contribution in [3.8, 4) is 0 Å². The van der Waals surface area contributed by atoms with Gasteiger partial charge in [-0.1, -0.05) is 25.1 Å². The van der Waals surface area contributed by atoms with Gasteiger partial charge in [-0.3, -0.25) is 0 Å². The van der Waals surface area contributed by atoms with Gasteiger partial charge in [0.05, 0.1) is 30.3 Å². The fourth-order valence-corrected chi connectivity index (χ4v) is 6.56. The molecule has 2 saturated heterocycles. The van der Waals surface area contributed by atoms with Crippen LogP contribution in [0.3, 0.4) is 0 Å². The molecule has 31 heavy (non-hydrogen) atoms. The molecule has 0 saturated carbocycles. The maximum Gasteiger partial charge on any atom is 0.335 e. The summed E-state index contributed by atoms with van der Waals surface area (Å²) in [5.41, 5.74) is 3.73. The summed E-state index contributed by atoms with van der Waals surface area (Å²) in [5.74, 6) is -0.415. The van der Waals surface area contributed by atoms with Gasteiger partial charge in [0.2, 0.25) is 0 Å². The number of hydrogen-bond donors (Lipinski definition) is 2. The van der Waals surface area contributed by atoms with E-state index in [4.69, 9.17) is 14.2 Å². The lowest BCUT2D eigenvalue weighted by atomic mass is 9.67. The second kappa shape index (κ2) is 7.32. The fourth-order valence-electron chi connectivity index (χ4n) is 6.56. The van der Waals surface area contributed by atoms with Crippen molar-refractivity contribution in [3.05, 3.63) is 41.1 Å². The molecule has 1 aliphatic carbocycles. The molecule has 0 radical (unpaired) electrons. The highest BCUT2D eigenvalue weighted by molar-refractivity contribution is 5.92. The summed E-state index contributed by atoms with van der Waals surface area (Å²) in [5, 5.41) is 7.48. The van der Waals surface area contributed by atoms with Crippen molar-refractivity contribution in [1.82, 2.24) is 5.32 Å². The molecule has 168 valence electrons. The number of ether oxygens (including phenoxy) is 3. The van der Waals surface area contributed by atoms with Gasteiger partial charge in [0, 0.05) is 17.4 Å². The first-order valence-corrected chi connectivity index (χ1v) is 11.6. The van der Waals surface area contributed by atoms with E-state index in [0.717, 1.165) is 49.2 Å². The Morgan fingerprint density at radius 1 is 1.29 bits per heavy atom. The third-order valence-electron chi connectivity index (χ3n) is 7.92. The minimum absolute atomic E-state index is 0.215. The second-order valence-electron chi connectivity index (χ2n) is 10.00. The van der Waals surface area contributed by atoms with Crippen LogP contribution in [0.4, 0.5) is 5.69 Å². The molecule has 1 aromatic carbocycles. The molecule has 3 aliphatic heterocycles. The minimum atomic E-state index is -0.552.